The van der Waals surface area contributed by atoms with Crippen molar-refractivity contribution in [1.82, 2.24) is 10.7 Å². The normalized spacial score (nSPS) is 11.5. The van der Waals surface area contributed by atoms with Crippen LogP contribution in [0.1, 0.15) is 48.6 Å². The minimum absolute atomic E-state index is 0.00387. The van der Waals surface area contributed by atoms with Crippen molar-refractivity contribution < 1.29 is 23.8 Å². The average Bonchev–Trinajstić information content (AvgIpc) is 2.89. The van der Waals surface area contributed by atoms with Gasteiger partial charge < -0.3 is 19.5 Å². The van der Waals surface area contributed by atoms with Crippen LogP contribution < -0.4 is 20.2 Å². The van der Waals surface area contributed by atoms with Crippen molar-refractivity contribution in [2.24, 2.45) is 5.10 Å². The third-order valence-electron chi connectivity index (χ3n) is 5.31. The third-order valence-corrected chi connectivity index (χ3v) is 5.31. The van der Waals surface area contributed by atoms with Crippen molar-refractivity contribution in [3.05, 3.63) is 95.1 Å². The van der Waals surface area contributed by atoms with Crippen molar-refractivity contribution in [2.45, 2.75) is 39.8 Å². The molecule has 3 rings (SSSR count). The van der Waals surface area contributed by atoms with Crippen LogP contribution in [-0.4, -0.2) is 31.4 Å². The quantitative estimate of drug-likeness (QED) is 0.258. The number of carbonyl (C=O) groups is 2. The van der Waals surface area contributed by atoms with Crippen LogP contribution in [0.15, 0.2) is 77.9 Å². The van der Waals surface area contributed by atoms with E-state index in [2.05, 4.69) is 21.9 Å². The third kappa shape index (κ3) is 9.00. The number of benzene rings is 3. The van der Waals surface area contributed by atoms with E-state index in [1.807, 2.05) is 74.5 Å². The van der Waals surface area contributed by atoms with Crippen molar-refractivity contribution in [3.8, 4) is 11.5 Å². The fraction of sp³-hybridized carbons (Fsp3) is 0.276. The second kappa shape index (κ2) is 14.3. The van der Waals surface area contributed by atoms with Crippen LogP contribution in [0.4, 0.5) is 4.79 Å². The smallest absolute Gasteiger partial charge is 0.407 e. The van der Waals surface area contributed by atoms with Crippen molar-refractivity contribution in [2.75, 3.05) is 13.2 Å². The van der Waals surface area contributed by atoms with E-state index in [9.17, 15) is 9.59 Å². The van der Waals surface area contributed by atoms with E-state index in [0.717, 1.165) is 16.7 Å². The summed E-state index contributed by atoms with van der Waals surface area (Å²) in [6.07, 6.45) is 0.942. The molecule has 0 saturated heterocycles. The van der Waals surface area contributed by atoms with Crippen LogP contribution in [-0.2, 0) is 16.1 Å². The van der Waals surface area contributed by atoms with Crippen LogP contribution in [0.5, 0.6) is 11.5 Å². The summed E-state index contributed by atoms with van der Waals surface area (Å²) < 4.78 is 16.7. The van der Waals surface area contributed by atoms with Crippen molar-refractivity contribution >= 4 is 18.2 Å². The van der Waals surface area contributed by atoms with Gasteiger partial charge in [-0.1, -0.05) is 60.2 Å². The molecule has 37 heavy (non-hydrogen) atoms. The Labute approximate surface area is 217 Å². The summed E-state index contributed by atoms with van der Waals surface area (Å²) in [4.78, 5) is 24.5. The molecule has 1 atom stereocenters. The summed E-state index contributed by atoms with van der Waals surface area (Å²) in [5, 5.41) is 6.80. The fourth-order valence-corrected chi connectivity index (χ4v) is 3.62. The summed E-state index contributed by atoms with van der Waals surface area (Å²) in [5.74, 6) is 0.860. The Hall–Kier alpha value is -4.33. The number of hydrogen-bond donors (Lipinski definition) is 2. The highest BCUT2D eigenvalue weighted by molar-refractivity contribution is 5.83. The Morgan fingerprint density at radius 3 is 2.46 bits per heavy atom. The maximum atomic E-state index is 12.6. The Balaban J connectivity index is 1.61. The summed E-state index contributed by atoms with van der Waals surface area (Å²) in [6.45, 7) is 6.81. The molecule has 8 heteroatoms. The molecule has 0 fully saturated rings. The number of aryl methyl sites for hydroxylation is 1. The monoisotopic (exact) mass is 503 g/mol. The first-order chi connectivity index (χ1) is 18.0. The number of hydrogen-bond acceptors (Lipinski definition) is 6. The maximum absolute atomic E-state index is 12.6. The highest BCUT2D eigenvalue weighted by atomic mass is 16.5. The number of hydrazone groups is 1. The lowest BCUT2D eigenvalue weighted by molar-refractivity contribution is -0.121. The van der Waals surface area contributed by atoms with Gasteiger partial charge in [-0.25, -0.2) is 10.2 Å². The van der Waals surface area contributed by atoms with E-state index in [0.29, 0.717) is 24.7 Å². The van der Waals surface area contributed by atoms with Gasteiger partial charge in [-0.2, -0.15) is 5.10 Å². The van der Waals surface area contributed by atoms with Gasteiger partial charge in [0, 0.05) is 0 Å². The predicted molar refractivity (Wildman–Crippen MR) is 143 cm³/mol. The van der Waals surface area contributed by atoms with E-state index in [1.165, 1.54) is 11.8 Å². The highest BCUT2D eigenvalue weighted by Gasteiger charge is 2.18. The molecule has 0 heterocycles. The zero-order valence-corrected chi connectivity index (χ0v) is 21.4. The molecule has 0 unspecified atom stereocenters. The molecule has 194 valence electrons. The van der Waals surface area contributed by atoms with E-state index in [4.69, 9.17) is 14.2 Å². The lowest BCUT2D eigenvalue weighted by Crippen LogP contribution is -2.33. The number of amides is 2. The van der Waals surface area contributed by atoms with Crippen LogP contribution in [0.3, 0.4) is 0 Å². The molecule has 0 aromatic heterocycles. The first kappa shape index (κ1) is 27.3. The van der Waals surface area contributed by atoms with Crippen LogP contribution in [0, 0.1) is 6.92 Å². The second-order valence-corrected chi connectivity index (χ2v) is 8.24. The van der Waals surface area contributed by atoms with Gasteiger partial charge in [0.05, 0.1) is 31.9 Å². The van der Waals surface area contributed by atoms with Gasteiger partial charge in [-0.3, -0.25) is 4.79 Å². The lowest BCUT2D eigenvalue weighted by Gasteiger charge is -2.18. The summed E-state index contributed by atoms with van der Waals surface area (Å²) in [7, 11) is 0. The van der Waals surface area contributed by atoms with Gasteiger partial charge in [-0.05, 0) is 55.7 Å². The molecular formula is C29H33N3O5. The van der Waals surface area contributed by atoms with Crippen LogP contribution >= 0.6 is 0 Å². The summed E-state index contributed by atoms with van der Waals surface area (Å²) in [6, 6.07) is 22.3. The zero-order chi connectivity index (χ0) is 26.5. The molecule has 0 bridgehead atoms. The maximum Gasteiger partial charge on any atom is 0.407 e. The molecule has 8 nitrogen and oxygen atoms in total. The van der Waals surface area contributed by atoms with E-state index >= 15 is 0 Å². The van der Waals surface area contributed by atoms with E-state index in [-0.39, 0.29) is 18.9 Å². The van der Waals surface area contributed by atoms with Gasteiger partial charge in [-0.15, -0.1) is 0 Å². The molecule has 2 N–H and O–H groups in total. The Morgan fingerprint density at radius 2 is 1.73 bits per heavy atom. The minimum Gasteiger partial charge on any atom is -0.490 e. The molecular weight excluding hydrogens is 470 g/mol. The largest absolute Gasteiger partial charge is 0.490 e. The number of nitrogens with one attached hydrogen (secondary N) is 2. The van der Waals surface area contributed by atoms with Gasteiger partial charge in [0.25, 0.3) is 0 Å². The van der Waals surface area contributed by atoms with E-state index < -0.39 is 12.1 Å². The molecule has 0 radical (unpaired) electrons. The highest BCUT2D eigenvalue weighted by Crippen LogP contribution is 2.29. The molecule has 0 spiro atoms. The van der Waals surface area contributed by atoms with Crippen LogP contribution in [0.2, 0.25) is 0 Å². The van der Waals surface area contributed by atoms with E-state index in [1.54, 1.807) is 13.0 Å². The summed E-state index contributed by atoms with van der Waals surface area (Å²) in [5.41, 5.74) is 6.29. The van der Waals surface area contributed by atoms with Gasteiger partial charge >= 0.3 is 6.09 Å². The topological polar surface area (TPSA) is 98.2 Å². The molecule has 0 saturated carbocycles. The van der Waals surface area contributed by atoms with Crippen molar-refractivity contribution in [1.29, 1.82) is 0 Å². The number of carbonyl (C=O) groups excluding carboxylic acids is 2. The second-order valence-electron chi connectivity index (χ2n) is 8.24. The van der Waals surface area contributed by atoms with Gasteiger partial charge in [0.15, 0.2) is 11.5 Å². The van der Waals surface area contributed by atoms with Crippen molar-refractivity contribution in [3.63, 3.8) is 0 Å². The number of alkyl carbamates (subject to hydrolysis) is 1. The first-order valence-corrected chi connectivity index (χ1v) is 12.2. The number of ether oxygens (including phenoxy) is 3. The Kier molecular flexibility index (Phi) is 10.5. The molecule has 3 aromatic rings. The molecule has 2 amide bonds. The average molecular weight is 504 g/mol. The number of nitrogens with zero attached hydrogens (tertiary/aromatic N) is 1. The molecule has 0 aliphatic carbocycles. The SMILES string of the molecule is CCOC(=O)N[C@@H](CC(=O)N/N=C\c1ccc(OCc2cccc(C)c2)c(OCC)c1)c1ccccc1. The zero-order valence-electron chi connectivity index (χ0n) is 21.4. The Morgan fingerprint density at radius 1 is 0.919 bits per heavy atom. The lowest BCUT2D eigenvalue weighted by atomic mass is 10.0. The standard InChI is InChI=1S/C29H33N3O5/c1-4-35-27-17-22(14-15-26(27)37-20-23-11-9-10-21(3)16-23)19-30-32-28(33)18-25(31-29(34)36-5-2)24-12-7-6-8-13-24/h6-17,19,25H,4-5,18,20H2,1-3H3,(H,31,34)(H,32,33)/b30-19-/t25-/m0/s1. The van der Waals surface area contributed by atoms with Crippen LogP contribution in [0.25, 0.3) is 0 Å². The minimum atomic E-state index is -0.583. The number of rotatable bonds is 12. The Bertz CT molecular complexity index is 1200. The predicted octanol–water partition coefficient (Wildman–Crippen LogP) is 5.30. The fourth-order valence-electron chi connectivity index (χ4n) is 3.62. The molecule has 0 aliphatic heterocycles. The van der Waals surface area contributed by atoms with Gasteiger partial charge in [0.1, 0.15) is 6.61 Å². The molecule has 3 aromatic carbocycles. The first-order valence-electron chi connectivity index (χ1n) is 12.2. The molecule has 0 aliphatic rings. The summed E-state index contributed by atoms with van der Waals surface area (Å²) >= 11 is 0. The van der Waals surface area contributed by atoms with Gasteiger partial charge in [0.2, 0.25) is 5.91 Å².